The fourth-order valence-electron chi connectivity index (χ4n) is 2.47. The lowest BCUT2D eigenvalue weighted by Crippen LogP contribution is -2.27. The van der Waals surface area contributed by atoms with Crippen molar-refractivity contribution in [3.8, 4) is 17.2 Å². The highest BCUT2D eigenvalue weighted by atomic mass is 32.1. The van der Waals surface area contributed by atoms with Gasteiger partial charge in [0.15, 0.2) is 0 Å². The summed E-state index contributed by atoms with van der Waals surface area (Å²) >= 11 is 1.59. The van der Waals surface area contributed by atoms with E-state index in [0.29, 0.717) is 25.3 Å². The maximum absolute atomic E-state index is 11.9. The molecule has 0 saturated carbocycles. The molecule has 0 aliphatic heterocycles. The zero-order chi connectivity index (χ0) is 17.6. The van der Waals surface area contributed by atoms with Crippen LogP contribution in [0.3, 0.4) is 0 Å². The number of thiophene rings is 1. The molecule has 3 rings (SSSR count). The first-order valence-corrected chi connectivity index (χ1v) is 8.93. The maximum atomic E-state index is 11.9. The highest BCUT2D eigenvalue weighted by molar-refractivity contribution is 7.10. The third-order valence-corrected chi connectivity index (χ3v) is 4.70. The van der Waals surface area contributed by atoms with Gasteiger partial charge < -0.3 is 14.5 Å². The summed E-state index contributed by atoms with van der Waals surface area (Å²) in [5.41, 5.74) is 1.76. The van der Waals surface area contributed by atoms with Crippen LogP contribution >= 0.6 is 11.3 Å². The first-order valence-electron chi connectivity index (χ1n) is 8.05. The molecule has 0 bridgehead atoms. The molecule has 0 saturated heterocycles. The van der Waals surface area contributed by atoms with E-state index in [2.05, 4.69) is 10.3 Å². The van der Waals surface area contributed by atoms with Gasteiger partial charge in [0.1, 0.15) is 11.5 Å². The number of hydrogen-bond donors (Lipinski definition) is 1. The molecular weight excluding hydrogens is 336 g/mol. The van der Waals surface area contributed by atoms with E-state index in [1.165, 1.54) is 0 Å². The van der Waals surface area contributed by atoms with Crippen LogP contribution in [-0.4, -0.2) is 24.5 Å². The Balaban J connectivity index is 1.56. The van der Waals surface area contributed by atoms with E-state index in [1.807, 2.05) is 48.7 Å². The standard InChI is InChI=1S/C19H20N2O3S/c1-13-17(9-10-20-18(22)12-16-4-3-11-25-16)21-19(24-13)14-5-7-15(23-2)8-6-14/h3-8,11H,9-10,12H2,1-2H3,(H,20,22). The normalized spacial score (nSPS) is 10.6. The van der Waals surface area contributed by atoms with Crippen molar-refractivity contribution < 1.29 is 13.9 Å². The first-order chi connectivity index (χ1) is 12.2. The van der Waals surface area contributed by atoms with Crippen LogP contribution in [-0.2, 0) is 17.6 Å². The number of carbonyl (C=O) groups excluding carboxylic acids is 1. The SMILES string of the molecule is COc1ccc(-c2nc(CCNC(=O)Cc3cccs3)c(C)o2)cc1. The lowest BCUT2D eigenvalue weighted by atomic mass is 10.2. The fraction of sp³-hybridized carbons (Fsp3) is 0.263. The van der Waals surface area contributed by atoms with E-state index in [0.717, 1.165) is 27.6 Å². The number of rotatable bonds is 7. The summed E-state index contributed by atoms with van der Waals surface area (Å²) in [7, 11) is 1.63. The van der Waals surface area contributed by atoms with Crippen LogP contribution in [0.25, 0.3) is 11.5 Å². The van der Waals surface area contributed by atoms with Crippen molar-refractivity contribution in [2.75, 3.05) is 13.7 Å². The van der Waals surface area contributed by atoms with Crippen molar-refractivity contribution in [3.05, 3.63) is 58.1 Å². The van der Waals surface area contributed by atoms with Gasteiger partial charge in [0, 0.05) is 23.4 Å². The Kier molecular flexibility index (Phi) is 5.50. The molecule has 1 N–H and O–H groups in total. The topological polar surface area (TPSA) is 64.4 Å². The molecule has 6 heteroatoms. The van der Waals surface area contributed by atoms with Gasteiger partial charge in [-0.05, 0) is 42.6 Å². The predicted molar refractivity (Wildman–Crippen MR) is 98.0 cm³/mol. The minimum absolute atomic E-state index is 0.0268. The zero-order valence-electron chi connectivity index (χ0n) is 14.2. The summed E-state index contributed by atoms with van der Waals surface area (Å²) in [6, 6.07) is 11.5. The highest BCUT2D eigenvalue weighted by Gasteiger charge is 2.12. The number of methoxy groups -OCH3 is 1. The molecule has 3 aromatic rings. The van der Waals surface area contributed by atoms with Crippen molar-refractivity contribution in [2.45, 2.75) is 19.8 Å². The third kappa shape index (κ3) is 4.48. The smallest absolute Gasteiger partial charge is 0.226 e. The number of amides is 1. The lowest BCUT2D eigenvalue weighted by molar-refractivity contribution is -0.120. The Morgan fingerprint density at radius 3 is 2.76 bits per heavy atom. The van der Waals surface area contributed by atoms with Crippen LogP contribution in [0.5, 0.6) is 5.75 Å². The van der Waals surface area contributed by atoms with E-state index in [9.17, 15) is 4.79 Å². The molecule has 0 fully saturated rings. The molecule has 2 aromatic heterocycles. The largest absolute Gasteiger partial charge is 0.497 e. The Morgan fingerprint density at radius 1 is 1.28 bits per heavy atom. The van der Waals surface area contributed by atoms with Crippen molar-refractivity contribution >= 4 is 17.2 Å². The Hall–Kier alpha value is -2.60. The van der Waals surface area contributed by atoms with E-state index >= 15 is 0 Å². The summed E-state index contributed by atoms with van der Waals surface area (Å²) in [6.07, 6.45) is 1.06. The number of carbonyl (C=O) groups is 1. The number of oxazole rings is 1. The second kappa shape index (κ2) is 7.98. The van der Waals surface area contributed by atoms with Crippen LogP contribution in [0.1, 0.15) is 16.3 Å². The van der Waals surface area contributed by atoms with Gasteiger partial charge in [-0.25, -0.2) is 4.98 Å². The van der Waals surface area contributed by atoms with Crippen LogP contribution in [0.2, 0.25) is 0 Å². The number of nitrogens with zero attached hydrogens (tertiary/aromatic N) is 1. The molecule has 0 aliphatic rings. The van der Waals surface area contributed by atoms with Gasteiger partial charge in [-0.1, -0.05) is 6.07 Å². The van der Waals surface area contributed by atoms with Crippen molar-refractivity contribution in [1.82, 2.24) is 10.3 Å². The Labute approximate surface area is 150 Å². The molecule has 1 amide bonds. The molecule has 25 heavy (non-hydrogen) atoms. The number of nitrogens with one attached hydrogen (secondary N) is 1. The van der Waals surface area contributed by atoms with E-state index < -0.39 is 0 Å². The summed E-state index contributed by atoms with van der Waals surface area (Å²) in [5, 5.41) is 4.90. The number of benzene rings is 1. The van der Waals surface area contributed by atoms with Crippen LogP contribution in [0, 0.1) is 6.92 Å². The van der Waals surface area contributed by atoms with E-state index in [-0.39, 0.29) is 5.91 Å². The number of aryl methyl sites for hydroxylation is 1. The Bertz CT molecular complexity index is 823. The molecule has 2 heterocycles. The third-order valence-electron chi connectivity index (χ3n) is 3.83. The average molecular weight is 356 g/mol. The molecule has 130 valence electrons. The van der Waals surface area contributed by atoms with Gasteiger partial charge in [0.05, 0.1) is 19.2 Å². The summed E-state index contributed by atoms with van der Waals surface area (Å²) in [6.45, 7) is 2.43. The van der Waals surface area contributed by atoms with Crippen molar-refractivity contribution in [3.63, 3.8) is 0 Å². The summed E-state index contributed by atoms with van der Waals surface area (Å²) < 4.78 is 10.9. The maximum Gasteiger partial charge on any atom is 0.226 e. The van der Waals surface area contributed by atoms with Gasteiger partial charge >= 0.3 is 0 Å². The minimum atomic E-state index is 0.0268. The molecule has 0 unspecified atom stereocenters. The quantitative estimate of drug-likeness (QED) is 0.702. The van der Waals surface area contributed by atoms with Crippen molar-refractivity contribution in [2.24, 2.45) is 0 Å². The highest BCUT2D eigenvalue weighted by Crippen LogP contribution is 2.24. The summed E-state index contributed by atoms with van der Waals surface area (Å²) in [5.74, 6) is 2.18. The zero-order valence-corrected chi connectivity index (χ0v) is 15.1. The predicted octanol–water partition coefficient (Wildman–Crippen LogP) is 3.62. The number of ether oxygens (including phenoxy) is 1. The number of aromatic nitrogens is 1. The number of hydrogen-bond acceptors (Lipinski definition) is 5. The monoisotopic (exact) mass is 356 g/mol. The summed E-state index contributed by atoms with van der Waals surface area (Å²) in [4.78, 5) is 17.5. The molecule has 0 aliphatic carbocycles. The van der Waals surface area contributed by atoms with E-state index in [1.54, 1.807) is 18.4 Å². The first kappa shape index (κ1) is 17.2. The Morgan fingerprint density at radius 2 is 2.08 bits per heavy atom. The molecule has 1 aromatic carbocycles. The minimum Gasteiger partial charge on any atom is -0.497 e. The van der Waals surface area contributed by atoms with Crippen LogP contribution < -0.4 is 10.1 Å². The average Bonchev–Trinajstić information content (AvgIpc) is 3.25. The molecule has 5 nitrogen and oxygen atoms in total. The fourth-order valence-corrected chi connectivity index (χ4v) is 3.17. The van der Waals surface area contributed by atoms with Gasteiger partial charge in [-0.3, -0.25) is 4.79 Å². The van der Waals surface area contributed by atoms with Crippen LogP contribution in [0.4, 0.5) is 0 Å². The van der Waals surface area contributed by atoms with Gasteiger partial charge in [-0.2, -0.15) is 0 Å². The molecular formula is C19H20N2O3S. The molecule has 0 atom stereocenters. The lowest BCUT2D eigenvalue weighted by Gasteiger charge is -2.02. The van der Waals surface area contributed by atoms with Gasteiger partial charge in [0.2, 0.25) is 11.8 Å². The van der Waals surface area contributed by atoms with E-state index in [4.69, 9.17) is 9.15 Å². The van der Waals surface area contributed by atoms with Crippen LogP contribution in [0.15, 0.2) is 46.2 Å². The van der Waals surface area contributed by atoms with Gasteiger partial charge in [0.25, 0.3) is 0 Å². The van der Waals surface area contributed by atoms with Crippen molar-refractivity contribution in [1.29, 1.82) is 0 Å². The molecule has 0 radical (unpaired) electrons. The molecule has 0 spiro atoms. The second-order valence-electron chi connectivity index (χ2n) is 5.61. The second-order valence-corrected chi connectivity index (χ2v) is 6.64. The van der Waals surface area contributed by atoms with Gasteiger partial charge in [-0.15, -0.1) is 11.3 Å².